The fraction of sp³-hybridized carbons (Fsp3) is 0.750. The summed E-state index contributed by atoms with van der Waals surface area (Å²) in [5.74, 6) is 1.36. The Morgan fingerprint density at radius 2 is 2.11 bits per heavy atom. The molecule has 1 heterocycles. The van der Waals surface area contributed by atoms with E-state index in [2.05, 4.69) is 18.9 Å². The van der Waals surface area contributed by atoms with E-state index in [0.717, 1.165) is 19.3 Å². The van der Waals surface area contributed by atoms with Crippen molar-refractivity contribution >= 4 is 11.5 Å². The lowest BCUT2D eigenvalue weighted by molar-refractivity contribution is -0.384. The zero-order valence-corrected chi connectivity index (χ0v) is 11.1. The van der Waals surface area contributed by atoms with Crippen LogP contribution in [-0.2, 0) is 0 Å². The van der Waals surface area contributed by atoms with Gasteiger partial charge in [0.25, 0.3) is 0 Å². The maximum Gasteiger partial charge on any atom is 0.333 e. The molecule has 3 atom stereocenters. The number of hydrogen-bond donors (Lipinski definition) is 1. The summed E-state index contributed by atoms with van der Waals surface area (Å²) in [5, 5.41) is 15.2. The summed E-state index contributed by atoms with van der Waals surface area (Å²) < 4.78 is 1.67. The number of anilines is 1. The zero-order chi connectivity index (χ0) is 13.4. The minimum atomic E-state index is -0.440. The fourth-order valence-corrected chi connectivity index (χ4v) is 3.05. The largest absolute Gasteiger partial charge is 0.378 e. The van der Waals surface area contributed by atoms with Crippen LogP contribution in [0.2, 0.25) is 0 Å². The molecule has 1 aliphatic rings. The second-order valence-corrected chi connectivity index (χ2v) is 5.48. The smallest absolute Gasteiger partial charge is 0.333 e. The molecule has 0 aromatic carbocycles. The summed E-state index contributed by atoms with van der Waals surface area (Å²) in [5.41, 5.74) is 6.26. The first-order valence-electron chi connectivity index (χ1n) is 6.40. The molecule has 2 N–H and O–H groups in total. The summed E-state index contributed by atoms with van der Waals surface area (Å²) in [6, 6.07) is 0.189. The van der Waals surface area contributed by atoms with Crippen LogP contribution in [0.1, 0.15) is 44.8 Å². The lowest BCUT2D eigenvalue weighted by Gasteiger charge is -2.32. The van der Waals surface area contributed by atoms with Crippen LogP contribution in [0.5, 0.6) is 0 Å². The van der Waals surface area contributed by atoms with Gasteiger partial charge in [-0.05, 0) is 38.0 Å². The third-order valence-electron chi connectivity index (χ3n) is 3.97. The highest BCUT2D eigenvalue weighted by Crippen LogP contribution is 2.39. The number of nitrogens with zero attached hydrogens (tertiary/aromatic N) is 3. The monoisotopic (exact) mass is 252 g/mol. The summed E-state index contributed by atoms with van der Waals surface area (Å²) >= 11 is 0. The van der Waals surface area contributed by atoms with E-state index in [1.807, 2.05) is 0 Å². The van der Waals surface area contributed by atoms with Gasteiger partial charge in [-0.1, -0.05) is 13.8 Å². The number of nitro groups is 1. The van der Waals surface area contributed by atoms with Crippen molar-refractivity contribution in [3.05, 3.63) is 15.8 Å². The van der Waals surface area contributed by atoms with E-state index in [-0.39, 0.29) is 17.5 Å². The number of nitrogen functional groups attached to an aromatic ring is 1. The molecule has 0 radical (unpaired) electrons. The van der Waals surface area contributed by atoms with Gasteiger partial charge in [0.15, 0.2) is 0 Å². The molecule has 0 amide bonds. The van der Waals surface area contributed by atoms with Crippen LogP contribution in [0, 0.1) is 28.9 Å². The van der Waals surface area contributed by atoms with Gasteiger partial charge in [0.2, 0.25) is 5.82 Å². The highest BCUT2D eigenvalue weighted by molar-refractivity contribution is 5.56. The zero-order valence-electron chi connectivity index (χ0n) is 11.1. The minimum absolute atomic E-state index is 0.0409. The van der Waals surface area contributed by atoms with Crippen LogP contribution in [0.4, 0.5) is 11.5 Å². The minimum Gasteiger partial charge on any atom is -0.378 e. The van der Waals surface area contributed by atoms with E-state index in [0.29, 0.717) is 17.5 Å². The van der Waals surface area contributed by atoms with Crippen molar-refractivity contribution in [2.75, 3.05) is 5.73 Å². The standard InChI is InChI=1S/C12H20N4O2/c1-7-4-5-10(8(2)6-7)15-12(13)11(16(17)18)9(3)14-15/h7-8,10H,4-6,13H2,1-3H3. The molecule has 1 aromatic rings. The van der Waals surface area contributed by atoms with Gasteiger partial charge < -0.3 is 5.73 Å². The van der Waals surface area contributed by atoms with E-state index in [1.54, 1.807) is 11.6 Å². The van der Waals surface area contributed by atoms with Crippen LogP contribution < -0.4 is 5.73 Å². The molecule has 6 heteroatoms. The first-order valence-corrected chi connectivity index (χ1v) is 6.40. The van der Waals surface area contributed by atoms with Crippen LogP contribution in [-0.4, -0.2) is 14.7 Å². The molecule has 18 heavy (non-hydrogen) atoms. The number of aryl methyl sites for hydroxylation is 1. The Balaban J connectivity index is 2.34. The Labute approximate surface area is 106 Å². The van der Waals surface area contributed by atoms with Crippen molar-refractivity contribution in [3.63, 3.8) is 0 Å². The summed E-state index contributed by atoms with van der Waals surface area (Å²) in [6.07, 6.45) is 3.24. The first-order chi connectivity index (χ1) is 8.41. The maximum atomic E-state index is 10.9. The molecule has 1 aromatic heterocycles. The Hall–Kier alpha value is -1.59. The van der Waals surface area contributed by atoms with E-state index in [4.69, 9.17) is 5.73 Å². The Morgan fingerprint density at radius 1 is 1.44 bits per heavy atom. The van der Waals surface area contributed by atoms with Crippen molar-refractivity contribution in [1.29, 1.82) is 0 Å². The third kappa shape index (κ3) is 2.07. The second-order valence-electron chi connectivity index (χ2n) is 5.48. The van der Waals surface area contributed by atoms with E-state index in [1.165, 1.54) is 0 Å². The number of rotatable bonds is 2. The Bertz CT molecular complexity index is 469. The topological polar surface area (TPSA) is 87.0 Å². The fourth-order valence-electron chi connectivity index (χ4n) is 3.05. The molecule has 0 spiro atoms. The predicted molar refractivity (Wildman–Crippen MR) is 69.2 cm³/mol. The average molecular weight is 252 g/mol. The van der Waals surface area contributed by atoms with Crippen LogP contribution in [0.3, 0.4) is 0 Å². The molecule has 1 fully saturated rings. The van der Waals surface area contributed by atoms with E-state index < -0.39 is 4.92 Å². The summed E-state index contributed by atoms with van der Waals surface area (Å²) in [6.45, 7) is 6.05. The average Bonchev–Trinajstić information content (AvgIpc) is 2.54. The van der Waals surface area contributed by atoms with Crippen molar-refractivity contribution in [1.82, 2.24) is 9.78 Å². The molecular weight excluding hydrogens is 232 g/mol. The van der Waals surface area contributed by atoms with Gasteiger partial charge in [0.05, 0.1) is 11.0 Å². The van der Waals surface area contributed by atoms with Crippen molar-refractivity contribution < 1.29 is 4.92 Å². The van der Waals surface area contributed by atoms with Gasteiger partial charge in [0, 0.05) is 0 Å². The van der Waals surface area contributed by atoms with E-state index in [9.17, 15) is 10.1 Å². The van der Waals surface area contributed by atoms with Gasteiger partial charge in [0.1, 0.15) is 5.69 Å². The van der Waals surface area contributed by atoms with Crippen LogP contribution in [0.15, 0.2) is 0 Å². The Kier molecular flexibility index (Phi) is 3.28. The lowest BCUT2D eigenvalue weighted by atomic mass is 9.80. The predicted octanol–water partition coefficient (Wildman–Crippen LogP) is 2.68. The molecule has 0 bridgehead atoms. The highest BCUT2D eigenvalue weighted by Gasteiger charge is 2.32. The van der Waals surface area contributed by atoms with Crippen molar-refractivity contribution in [2.24, 2.45) is 11.8 Å². The van der Waals surface area contributed by atoms with Crippen molar-refractivity contribution in [2.45, 2.75) is 46.1 Å². The van der Waals surface area contributed by atoms with Gasteiger partial charge in [-0.2, -0.15) is 5.10 Å². The van der Waals surface area contributed by atoms with Gasteiger partial charge in [-0.15, -0.1) is 0 Å². The van der Waals surface area contributed by atoms with Gasteiger partial charge in [-0.25, -0.2) is 4.68 Å². The molecule has 3 unspecified atom stereocenters. The number of nitrogens with two attached hydrogens (primary N) is 1. The highest BCUT2D eigenvalue weighted by atomic mass is 16.6. The quantitative estimate of drug-likeness (QED) is 0.647. The lowest BCUT2D eigenvalue weighted by Crippen LogP contribution is -2.26. The number of aromatic nitrogens is 2. The van der Waals surface area contributed by atoms with E-state index >= 15 is 0 Å². The molecule has 0 aliphatic heterocycles. The molecule has 1 saturated carbocycles. The summed E-state index contributed by atoms with van der Waals surface area (Å²) in [7, 11) is 0. The molecule has 0 saturated heterocycles. The third-order valence-corrected chi connectivity index (χ3v) is 3.97. The molecule has 100 valence electrons. The Morgan fingerprint density at radius 3 is 2.61 bits per heavy atom. The van der Waals surface area contributed by atoms with Gasteiger partial charge in [-0.3, -0.25) is 10.1 Å². The SMILES string of the molecule is Cc1nn(C2CCC(C)CC2C)c(N)c1[N+](=O)[O-]. The number of hydrogen-bond acceptors (Lipinski definition) is 4. The van der Waals surface area contributed by atoms with Crippen LogP contribution >= 0.6 is 0 Å². The molecular formula is C12H20N4O2. The normalized spacial score (nSPS) is 28.3. The molecule has 1 aliphatic carbocycles. The van der Waals surface area contributed by atoms with Crippen molar-refractivity contribution in [3.8, 4) is 0 Å². The maximum absolute atomic E-state index is 10.9. The molecule has 2 rings (SSSR count). The summed E-state index contributed by atoms with van der Waals surface area (Å²) in [4.78, 5) is 10.5. The van der Waals surface area contributed by atoms with Gasteiger partial charge >= 0.3 is 5.69 Å². The second kappa shape index (κ2) is 4.59. The molecule has 6 nitrogen and oxygen atoms in total. The first kappa shape index (κ1) is 12.9. The van der Waals surface area contributed by atoms with Crippen LogP contribution in [0.25, 0.3) is 0 Å².